The maximum absolute atomic E-state index is 13.6. The monoisotopic (exact) mass is 260 g/mol. The summed E-state index contributed by atoms with van der Waals surface area (Å²) in [5.41, 5.74) is 0.931. The van der Waals surface area contributed by atoms with Crippen molar-refractivity contribution in [3.63, 3.8) is 0 Å². The Bertz CT molecular complexity index is 558. The summed E-state index contributed by atoms with van der Waals surface area (Å²) >= 11 is 1.68. The first-order valence-electron chi connectivity index (χ1n) is 5.66. The van der Waals surface area contributed by atoms with Crippen LogP contribution in [0.1, 0.15) is 29.0 Å². The van der Waals surface area contributed by atoms with Gasteiger partial charge in [-0.2, -0.15) is 5.26 Å². The average molecular weight is 260 g/mol. The molecule has 0 unspecified atom stereocenters. The molecule has 0 spiro atoms. The SMILES string of the molecule is C[C@@H](NCc1ccc(C#N)cc1F)c1cccs1. The molecule has 92 valence electrons. The normalized spacial score (nSPS) is 12.1. The van der Waals surface area contributed by atoms with Crippen LogP contribution in [0.5, 0.6) is 0 Å². The third-order valence-electron chi connectivity index (χ3n) is 2.75. The zero-order chi connectivity index (χ0) is 13.0. The lowest BCUT2D eigenvalue weighted by atomic mass is 10.1. The third-order valence-corrected chi connectivity index (χ3v) is 3.81. The highest BCUT2D eigenvalue weighted by Gasteiger charge is 2.08. The van der Waals surface area contributed by atoms with Crippen LogP contribution in [0.25, 0.3) is 0 Å². The number of benzene rings is 1. The highest BCUT2D eigenvalue weighted by molar-refractivity contribution is 7.10. The number of hydrogen-bond acceptors (Lipinski definition) is 3. The maximum atomic E-state index is 13.6. The lowest BCUT2D eigenvalue weighted by Crippen LogP contribution is -2.17. The van der Waals surface area contributed by atoms with Crippen LogP contribution in [0.15, 0.2) is 35.7 Å². The molecular formula is C14H13FN2S. The minimum atomic E-state index is -0.333. The number of nitrogens with zero attached hydrogens (tertiary/aromatic N) is 1. The van der Waals surface area contributed by atoms with E-state index in [1.807, 2.05) is 24.4 Å². The summed E-state index contributed by atoms with van der Waals surface area (Å²) in [6.07, 6.45) is 0. The Balaban J connectivity index is 2.00. The van der Waals surface area contributed by atoms with E-state index < -0.39 is 0 Å². The van der Waals surface area contributed by atoms with Crippen molar-refractivity contribution in [1.82, 2.24) is 5.32 Å². The molecule has 18 heavy (non-hydrogen) atoms. The van der Waals surface area contributed by atoms with Crippen molar-refractivity contribution in [3.05, 3.63) is 57.5 Å². The summed E-state index contributed by atoms with van der Waals surface area (Å²) < 4.78 is 13.6. The zero-order valence-corrected chi connectivity index (χ0v) is 10.8. The first-order valence-corrected chi connectivity index (χ1v) is 6.54. The van der Waals surface area contributed by atoms with E-state index in [4.69, 9.17) is 5.26 Å². The van der Waals surface area contributed by atoms with Gasteiger partial charge in [-0.05, 0) is 30.5 Å². The van der Waals surface area contributed by atoms with E-state index in [1.54, 1.807) is 23.5 Å². The molecule has 1 heterocycles. The molecule has 4 heteroatoms. The Morgan fingerprint density at radius 2 is 2.28 bits per heavy atom. The van der Waals surface area contributed by atoms with Gasteiger partial charge in [0.25, 0.3) is 0 Å². The molecule has 0 aliphatic heterocycles. The topological polar surface area (TPSA) is 35.8 Å². The summed E-state index contributed by atoms with van der Waals surface area (Å²) in [6, 6.07) is 10.7. The number of halogens is 1. The van der Waals surface area contributed by atoms with Crippen molar-refractivity contribution in [2.45, 2.75) is 19.5 Å². The fraction of sp³-hybridized carbons (Fsp3) is 0.214. The minimum Gasteiger partial charge on any atom is -0.305 e. The largest absolute Gasteiger partial charge is 0.305 e. The minimum absolute atomic E-state index is 0.194. The second-order valence-corrected chi connectivity index (χ2v) is 5.02. The summed E-state index contributed by atoms with van der Waals surface area (Å²) in [7, 11) is 0. The molecule has 1 N–H and O–H groups in total. The molecule has 2 rings (SSSR count). The van der Waals surface area contributed by atoms with E-state index >= 15 is 0 Å². The number of rotatable bonds is 4. The van der Waals surface area contributed by atoms with E-state index in [9.17, 15) is 4.39 Å². The van der Waals surface area contributed by atoms with Crippen molar-refractivity contribution in [2.75, 3.05) is 0 Å². The van der Waals surface area contributed by atoms with Crippen LogP contribution in [-0.2, 0) is 6.54 Å². The predicted molar refractivity (Wildman–Crippen MR) is 70.7 cm³/mol. The van der Waals surface area contributed by atoms with E-state index in [0.29, 0.717) is 17.7 Å². The molecule has 0 saturated heterocycles. The van der Waals surface area contributed by atoms with Gasteiger partial charge in [-0.15, -0.1) is 11.3 Å². The van der Waals surface area contributed by atoms with E-state index in [1.165, 1.54) is 10.9 Å². The fourth-order valence-electron chi connectivity index (χ4n) is 1.66. The van der Waals surface area contributed by atoms with E-state index in [0.717, 1.165) is 0 Å². The van der Waals surface area contributed by atoms with Gasteiger partial charge in [-0.25, -0.2) is 4.39 Å². The maximum Gasteiger partial charge on any atom is 0.129 e. The Labute approximate surface area is 110 Å². The second kappa shape index (κ2) is 5.76. The number of nitrogens with one attached hydrogen (secondary N) is 1. The van der Waals surface area contributed by atoms with Gasteiger partial charge in [0, 0.05) is 23.0 Å². The lowest BCUT2D eigenvalue weighted by molar-refractivity contribution is 0.549. The van der Waals surface area contributed by atoms with E-state index in [-0.39, 0.29) is 11.9 Å². The fourth-order valence-corrected chi connectivity index (χ4v) is 2.42. The van der Waals surface area contributed by atoms with Gasteiger partial charge in [-0.1, -0.05) is 12.1 Å². The Morgan fingerprint density at radius 1 is 1.44 bits per heavy atom. The second-order valence-electron chi connectivity index (χ2n) is 4.04. The highest BCUT2D eigenvalue weighted by Crippen LogP contribution is 2.19. The van der Waals surface area contributed by atoms with Crippen LogP contribution in [-0.4, -0.2) is 0 Å². The smallest absolute Gasteiger partial charge is 0.129 e. The molecule has 0 radical (unpaired) electrons. The molecule has 2 nitrogen and oxygen atoms in total. The van der Waals surface area contributed by atoms with Gasteiger partial charge >= 0.3 is 0 Å². The number of nitriles is 1. The molecule has 0 aliphatic carbocycles. The van der Waals surface area contributed by atoms with E-state index in [2.05, 4.69) is 11.4 Å². The van der Waals surface area contributed by atoms with Crippen LogP contribution >= 0.6 is 11.3 Å². The molecule has 1 aromatic heterocycles. The van der Waals surface area contributed by atoms with Gasteiger partial charge in [0.05, 0.1) is 11.6 Å². The van der Waals surface area contributed by atoms with Gasteiger partial charge in [0.15, 0.2) is 0 Å². The summed E-state index contributed by atoms with van der Waals surface area (Å²) in [5.74, 6) is -0.333. The highest BCUT2D eigenvalue weighted by atomic mass is 32.1. The first kappa shape index (κ1) is 12.7. The summed E-state index contributed by atoms with van der Waals surface area (Å²) in [5, 5.41) is 14.0. The van der Waals surface area contributed by atoms with Crippen molar-refractivity contribution < 1.29 is 4.39 Å². The number of thiophene rings is 1. The van der Waals surface area contributed by atoms with Crippen LogP contribution < -0.4 is 5.32 Å². The molecule has 1 atom stereocenters. The van der Waals surface area contributed by atoms with Gasteiger partial charge < -0.3 is 5.32 Å². The molecule has 0 aliphatic rings. The van der Waals surface area contributed by atoms with Gasteiger partial charge in [0.1, 0.15) is 5.82 Å². The van der Waals surface area contributed by atoms with Crippen LogP contribution in [0.4, 0.5) is 4.39 Å². The lowest BCUT2D eigenvalue weighted by Gasteiger charge is -2.12. The Kier molecular flexibility index (Phi) is 4.08. The predicted octanol–water partition coefficient (Wildman–Crippen LogP) is 3.61. The van der Waals surface area contributed by atoms with Crippen molar-refractivity contribution in [2.24, 2.45) is 0 Å². The molecular weight excluding hydrogens is 247 g/mol. The molecule has 0 fully saturated rings. The molecule has 1 aromatic carbocycles. The van der Waals surface area contributed by atoms with Crippen LogP contribution in [0, 0.1) is 17.1 Å². The molecule has 0 amide bonds. The van der Waals surface area contributed by atoms with Crippen molar-refractivity contribution >= 4 is 11.3 Å². The molecule has 0 saturated carbocycles. The average Bonchev–Trinajstić information content (AvgIpc) is 2.90. The molecule has 0 bridgehead atoms. The zero-order valence-electron chi connectivity index (χ0n) is 9.98. The Hall–Kier alpha value is -1.70. The summed E-state index contributed by atoms with van der Waals surface area (Å²) in [4.78, 5) is 1.23. The third kappa shape index (κ3) is 2.95. The first-order chi connectivity index (χ1) is 8.70. The quantitative estimate of drug-likeness (QED) is 0.911. The Morgan fingerprint density at radius 3 is 2.89 bits per heavy atom. The van der Waals surface area contributed by atoms with Crippen LogP contribution in [0.3, 0.4) is 0 Å². The van der Waals surface area contributed by atoms with Gasteiger partial charge in [0.2, 0.25) is 0 Å². The summed E-state index contributed by atoms with van der Waals surface area (Å²) in [6.45, 7) is 2.50. The van der Waals surface area contributed by atoms with Crippen molar-refractivity contribution in [3.8, 4) is 6.07 Å². The van der Waals surface area contributed by atoms with Crippen molar-refractivity contribution in [1.29, 1.82) is 5.26 Å². The van der Waals surface area contributed by atoms with Crippen LogP contribution in [0.2, 0.25) is 0 Å². The molecule has 2 aromatic rings. The van der Waals surface area contributed by atoms with Gasteiger partial charge in [-0.3, -0.25) is 0 Å². The standard InChI is InChI=1S/C14H13FN2S/c1-10(14-3-2-6-18-14)17-9-12-5-4-11(8-16)7-13(12)15/h2-7,10,17H,9H2,1H3/t10-/m1/s1. The number of hydrogen-bond donors (Lipinski definition) is 1.